The third kappa shape index (κ3) is 1.94. The third-order valence-electron chi connectivity index (χ3n) is 6.14. The first-order valence-corrected chi connectivity index (χ1v) is 9.78. The Bertz CT molecular complexity index is 1520. The van der Waals surface area contributed by atoms with Crippen molar-refractivity contribution in [2.24, 2.45) is 7.05 Å². The van der Waals surface area contributed by atoms with Gasteiger partial charge >= 0.3 is 0 Å². The molecule has 0 fully saturated rings. The molecule has 6 rings (SSSR count). The fraction of sp³-hybridized carbons (Fsp3) is 0.0741. The zero-order chi connectivity index (χ0) is 18.8. The number of hydrogen-bond acceptors (Lipinski definition) is 0. The molecule has 6 aromatic rings. The molecule has 0 N–H and O–H groups in total. The Morgan fingerprint density at radius 3 is 2.18 bits per heavy atom. The first-order valence-electron chi connectivity index (χ1n) is 9.78. The van der Waals surface area contributed by atoms with Crippen LogP contribution in [0.15, 0.2) is 85.1 Å². The van der Waals surface area contributed by atoms with E-state index in [1.807, 2.05) is 0 Å². The molecule has 0 amide bonds. The number of benzene rings is 5. The van der Waals surface area contributed by atoms with E-state index in [0.717, 1.165) is 0 Å². The smallest absolute Gasteiger partial charge is 0.201 e. The minimum atomic E-state index is 1.25. The van der Waals surface area contributed by atoms with Crippen LogP contribution in [0.25, 0.3) is 54.3 Å². The second-order valence-electron chi connectivity index (χ2n) is 7.75. The Labute approximate surface area is 163 Å². The van der Waals surface area contributed by atoms with Crippen molar-refractivity contribution in [1.29, 1.82) is 0 Å². The highest BCUT2D eigenvalue weighted by molar-refractivity contribution is 6.36. The van der Waals surface area contributed by atoms with Crippen LogP contribution in [-0.4, -0.2) is 0 Å². The molecule has 28 heavy (non-hydrogen) atoms. The van der Waals surface area contributed by atoms with Gasteiger partial charge in [0.25, 0.3) is 0 Å². The fourth-order valence-electron chi connectivity index (χ4n) is 4.96. The maximum Gasteiger partial charge on any atom is 0.213 e. The Hall–Kier alpha value is -3.45. The highest BCUT2D eigenvalue weighted by atomic mass is 14.9. The molecule has 0 aliphatic carbocycles. The maximum atomic E-state index is 2.35. The average molecular weight is 358 g/mol. The van der Waals surface area contributed by atoms with Gasteiger partial charge in [-0.3, -0.25) is 0 Å². The average Bonchev–Trinajstić information content (AvgIpc) is 2.73. The van der Waals surface area contributed by atoms with Crippen LogP contribution in [0.1, 0.15) is 5.56 Å². The van der Waals surface area contributed by atoms with Crippen molar-refractivity contribution in [2.75, 3.05) is 0 Å². The molecule has 0 atom stereocenters. The van der Waals surface area contributed by atoms with E-state index in [9.17, 15) is 0 Å². The Balaban J connectivity index is 2.01. The number of fused-ring (bicyclic) bond motifs is 3. The molecule has 0 saturated carbocycles. The van der Waals surface area contributed by atoms with Gasteiger partial charge in [0.05, 0.1) is 5.56 Å². The topological polar surface area (TPSA) is 3.88 Å². The summed E-state index contributed by atoms with van der Waals surface area (Å²) in [5.41, 5.74) is 3.91. The lowest BCUT2D eigenvalue weighted by Crippen LogP contribution is -2.30. The van der Waals surface area contributed by atoms with Crippen LogP contribution in [0.2, 0.25) is 0 Å². The molecule has 0 bridgehead atoms. The summed E-state index contributed by atoms with van der Waals surface area (Å²) in [6.07, 6.45) is 2.13. The molecule has 1 nitrogen and oxygen atoms in total. The zero-order valence-electron chi connectivity index (χ0n) is 16.0. The lowest BCUT2D eigenvalue weighted by molar-refractivity contribution is -0.660. The second kappa shape index (κ2) is 5.53. The van der Waals surface area contributed by atoms with Crippen molar-refractivity contribution < 1.29 is 4.57 Å². The fourth-order valence-corrected chi connectivity index (χ4v) is 4.96. The summed E-state index contributed by atoms with van der Waals surface area (Å²) in [6, 6.07) is 28.9. The standard InChI is InChI=1S/C27H20N/c1-17-16-19-14-13-18-8-7-11-21-20-9-3-4-10-22(20)27(26(19)25(18)21)24(17)23-12-5-6-15-28(23)2/h3-16H,1-2H3/q+1. The zero-order valence-corrected chi connectivity index (χ0v) is 16.0. The van der Waals surface area contributed by atoms with Gasteiger partial charge in [0.1, 0.15) is 7.05 Å². The van der Waals surface area contributed by atoms with Crippen LogP contribution in [0.3, 0.4) is 0 Å². The number of rotatable bonds is 1. The minimum absolute atomic E-state index is 1.25. The number of aromatic nitrogens is 1. The van der Waals surface area contributed by atoms with Gasteiger partial charge in [-0.15, -0.1) is 0 Å². The largest absolute Gasteiger partial charge is 0.213 e. The summed E-state index contributed by atoms with van der Waals surface area (Å²) in [4.78, 5) is 0. The van der Waals surface area contributed by atoms with Gasteiger partial charge in [-0.1, -0.05) is 60.7 Å². The van der Waals surface area contributed by atoms with E-state index in [4.69, 9.17) is 0 Å². The predicted molar refractivity (Wildman–Crippen MR) is 119 cm³/mol. The van der Waals surface area contributed by atoms with E-state index >= 15 is 0 Å². The predicted octanol–water partition coefficient (Wildman–Crippen LogP) is 6.54. The lowest BCUT2D eigenvalue weighted by Gasteiger charge is -2.18. The van der Waals surface area contributed by atoms with Gasteiger partial charge in [0, 0.05) is 17.5 Å². The van der Waals surface area contributed by atoms with E-state index in [1.165, 1.54) is 59.9 Å². The van der Waals surface area contributed by atoms with Gasteiger partial charge in [0.2, 0.25) is 5.69 Å². The number of hydrogen-bond donors (Lipinski definition) is 0. The molecule has 0 spiro atoms. The molecule has 1 heterocycles. The van der Waals surface area contributed by atoms with E-state index in [2.05, 4.69) is 104 Å². The first kappa shape index (κ1) is 15.6. The molecular weight excluding hydrogens is 338 g/mol. The molecule has 5 aromatic carbocycles. The van der Waals surface area contributed by atoms with Gasteiger partial charge in [-0.05, 0) is 56.3 Å². The van der Waals surface area contributed by atoms with Gasteiger partial charge in [-0.2, -0.15) is 0 Å². The first-order chi connectivity index (χ1) is 13.7. The Morgan fingerprint density at radius 2 is 1.32 bits per heavy atom. The summed E-state index contributed by atoms with van der Waals surface area (Å²) in [5.74, 6) is 0. The molecule has 0 unspecified atom stereocenters. The van der Waals surface area contributed by atoms with Crippen LogP contribution in [0.4, 0.5) is 0 Å². The van der Waals surface area contributed by atoms with Crippen molar-refractivity contribution in [3.8, 4) is 11.3 Å². The maximum absolute atomic E-state index is 2.35. The minimum Gasteiger partial charge on any atom is -0.201 e. The van der Waals surface area contributed by atoms with Gasteiger partial charge < -0.3 is 0 Å². The van der Waals surface area contributed by atoms with Crippen LogP contribution in [0.5, 0.6) is 0 Å². The molecule has 0 radical (unpaired) electrons. The van der Waals surface area contributed by atoms with Gasteiger partial charge in [0.15, 0.2) is 6.20 Å². The third-order valence-corrected chi connectivity index (χ3v) is 6.14. The highest BCUT2D eigenvalue weighted by Crippen LogP contribution is 2.45. The van der Waals surface area contributed by atoms with Crippen molar-refractivity contribution in [3.05, 3.63) is 90.6 Å². The second-order valence-corrected chi connectivity index (χ2v) is 7.75. The van der Waals surface area contributed by atoms with Crippen LogP contribution in [-0.2, 0) is 7.05 Å². The Morgan fingerprint density at radius 1 is 0.607 bits per heavy atom. The van der Waals surface area contributed by atoms with Crippen LogP contribution < -0.4 is 4.57 Å². The van der Waals surface area contributed by atoms with E-state index in [1.54, 1.807) is 0 Å². The number of pyridine rings is 1. The normalized spacial score (nSPS) is 11.9. The van der Waals surface area contributed by atoms with Crippen LogP contribution in [0, 0.1) is 6.92 Å². The monoisotopic (exact) mass is 358 g/mol. The summed E-state index contributed by atoms with van der Waals surface area (Å²) >= 11 is 0. The molecule has 1 heteroatoms. The summed E-state index contributed by atoms with van der Waals surface area (Å²) in [7, 11) is 2.13. The van der Waals surface area contributed by atoms with E-state index in [-0.39, 0.29) is 0 Å². The molecular formula is C27H20N+. The van der Waals surface area contributed by atoms with Crippen molar-refractivity contribution in [3.63, 3.8) is 0 Å². The summed E-state index contributed by atoms with van der Waals surface area (Å²) in [5, 5.41) is 10.8. The highest BCUT2D eigenvalue weighted by Gasteiger charge is 2.21. The Kier molecular flexibility index (Phi) is 3.08. The van der Waals surface area contributed by atoms with Crippen LogP contribution >= 0.6 is 0 Å². The molecule has 1 aromatic heterocycles. The van der Waals surface area contributed by atoms with Gasteiger partial charge in [-0.25, -0.2) is 4.57 Å². The molecule has 132 valence electrons. The van der Waals surface area contributed by atoms with Crippen molar-refractivity contribution >= 4 is 43.1 Å². The van der Waals surface area contributed by atoms with Crippen molar-refractivity contribution in [1.82, 2.24) is 0 Å². The van der Waals surface area contributed by atoms with E-state index in [0.29, 0.717) is 0 Å². The SMILES string of the molecule is Cc1cc2ccc3cccc4c5ccccc5c(c1-c1cccc[n+]1C)c2c34. The van der Waals surface area contributed by atoms with Crippen molar-refractivity contribution in [2.45, 2.75) is 6.92 Å². The molecule has 0 saturated heterocycles. The number of aryl methyl sites for hydroxylation is 2. The summed E-state index contributed by atoms with van der Waals surface area (Å²) < 4.78 is 2.23. The molecule has 0 aliphatic rings. The van der Waals surface area contributed by atoms with E-state index < -0.39 is 0 Å². The molecule has 0 aliphatic heterocycles. The lowest BCUT2D eigenvalue weighted by atomic mass is 9.85. The quantitative estimate of drug-likeness (QED) is 0.178. The summed E-state index contributed by atoms with van der Waals surface area (Å²) in [6.45, 7) is 2.24. The number of nitrogens with zero attached hydrogens (tertiary/aromatic N) is 1.